The van der Waals surface area contributed by atoms with Crippen LogP contribution in [0.15, 0.2) is 0 Å². The molecule has 110 valence electrons. The highest BCUT2D eigenvalue weighted by Gasteiger charge is 2.23. The van der Waals surface area contributed by atoms with Crippen molar-refractivity contribution in [3.05, 3.63) is 0 Å². The predicted molar refractivity (Wildman–Crippen MR) is 76.0 cm³/mol. The SMILES string of the molecule is CC1OCCC1CNCC(=O)NC1CCCCCC1. The van der Waals surface area contributed by atoms with Gasteiger partial charge in [-0.05, 0) is 32.1 Å². The standard InChI is InChI=1S/C15H28N2O2/c1-12-13(8-9-19-12)10-16-11-15(18)17-14-6-4-2-3-5-7-14/h12-14,16H,2-11H2,1H3,(H,17,18). The van der Waals surface area contributed by atoms with Gasteiger partial charge in [0.25, 0.3) is 0 Å². The second-order valence-electron chi connectivity index (χ2n) is 6.01. The van der Waals surface area contributed by atoms with Crippen molar-refractivity contribution in [2.45, 2.75) is 64.0 Å². The topological polar surface area (TPSA) is 50.4 Å². The zero-order valence-corrected chi connectivity index (χ0v) is 12.1. The van der Waals surface area contributed by atoms with Gasteiger partial charge in [0.2, 0.25) is 5.91 Å². The van der Waals surface area contributed by atoms with Crippen molar-refractivity contribution in [1.29, 1.82) is 0 Å². The van der Waals surface area contributed by atoms with Crippen molar-refractivity contribution in [1.82, 2.24) is 10.6 Å². The zero-order chi connectivity index (χ0) is 13.5. The van der Waals surface area contributed by atoms with Gasteiger partial charge >= 0.3 is 0 Å². The fraction of sp³-hybridized carbons (Fsp3) is 0.933. The van der Waals surface area contributed by atoms with Gasteiger partial charge in [-0.15, -0.1) is 0 Å². The van der Waals surface area contributed by atoms with Crippen molar-refractivity contribution in [2.75, 3.05) is 19.7 Å². The number of ether oxygens (including phenoxy) is 1. The monoisotopic (exact) mass is 268 g/mol. The Hall–Kier alpha value is -0.610. The highest BCUT2D eigenvalue weighted by atomic mass is 16.5. The number of amides is 1. The highest BCUT2D eigenvalue weighted by Crippen LogP contribution is 2.19. The van der Waals surface area contributed by atoms with Gasteiger partial charge in [0, 0.05) is 19.2 Å². The Morgan fingerprint density at radius 2 is 1.89 bits per heavy atom. The molecule has 0 aromatic carbocycles. The van der Waals surface area contributed by atoms with Crippen molar-refractivity contribution in [3.63, 3.8) is 0 Å². The van der Waals surface area contributed by atoms with Crippen LogP contribution in [-0.2, 0) is 9.53 Å². The summed E-state index contributed by atoms with van der Waals surface area (Å²) in [6.07, 6.45) is 8.91. The Labute approximate surface area is 116 Å². The number of hydrogen-bond donors (Lipinski definition) is 2. The molecule has 1 aliphatic carbocycles. The maximum Gasteiger partial charge on any atom is 0.234 e. The molecule has 2 N–H and O–H groups in total. The largest absolute Gasteiger partial charge is 0.378 e. The lowest BCUT2D eigenvalue weighted by atomic mass is 10.0. The molecule has 4 nitrogen and oxygen atoms in total. The van der Waals surface area contributed by atoms with Crippen molar-refractivity contribution < 1.29 is 9.53 Å². The van der Waals surface area contributed by atoms with Crippen LogP contribution in [0.25, 0.3) is 0 Å². The average Bonchev–Trinajstić information content (AvgIpc) is 2.65. The molecule has 2 atom stereocenters. The summed E-state index contributed by atoms with van der Waals surface area (Å²) >= 11 is 0. The third-order valence-electron chi connectivity index (χ3n) is 4.45. The molecule has 2 unspecified atom stereocenters. The summed E-state index contributed by atoms with van der Waals surface area (Å²) in [5.41, 5.74) is 0. The molecule has 0 bridgehead atoms. The number of carbonyl (C=O) groups is 1. The zero-order valence-electron chi connectivity index (χ0n) is 12.1. The van der Waals surface area contributed by atoms with Gasteiger partial charge < -0.3 is 15.4 Å². The molecule has 1 amide bonds. The van der Waals surface area contributed by atoms with E-state index in [-0.39, 0.29) is 5.91 Å². The van der Waals surface area contributed by atoms with Gasteiger partial charge in [0.1, 0.15) is 0 Å². The van der Waals surface area contributed by atoms with E-state index in [2.05, 4.69) is 17.6 Å². The van der Waals surface area contributed by atoms with Crippen LogP contribution in [0.3, 0.4) is 0 Å². The molecular formula is C15H28N2O2. The first-order valence-electron chi connectivity index (χ1n) is 7.87. The van der Waals surface area contributed by atoms with E-state index in [1.165, 1.54) is 25.7 Å². The molecule has 1 aliphatic heterocycles. The van der Waals surface area contributed by atoms with Crippen LogP contribution in [0.4, 0.5) is 0 Å². The number of nitrogens with one attached hydrogen (secondary N) is 2. The van der Waals surface area contributed by atoms with Gasteiger partial charge in [-0.2, -0.15) is 0 Å². The molecule has 0 aromatic rings. The molecule has 1 saturated carbocycles. The summed E-state index contributed by atoms with van der Waals surface area (Å²) in [5, 5.41) is 6.43. The fourth-order valence-electron chi connectivity index (χ4n) is 3.12. The van der Waals surface area contributed by atoms with Gasteiger partial charge in [0.15, 0.2) is 0 Å². The molecule has 0 spiro atoms. The minimum atomic E-state index is 0.151. The molecule has 2 rings (SSSR count). The molecule has 2 aliphatic rings. The van der Waals surface area contributed by atoms with E-state index in [1.54, 1.807) is 0 Å². The van der Waals surface area contributed by atoms with Crippen molar-refractivity contribution in [2.24, 2.45) is 5.92 Å². The Bertz CT molecular complexity index is 275. The lowest BCUT2D eigenvalue weighted by molar-refractivity contribution is -0.121. The Kier molecular flexibility index (Phi) is 6.11. The Morgan fingerprint density at radius 3 is 2.53 bits per heavy atom. The molecule has 0 aromatic heterocycles. The van der Waals surface area contributed by atoms with E-state index in [0.717, 1.165) is 32.4 Å². The fourth-order valence-corrected chi connectivity index (χ4v) is 3.12. The summed E-state index contributed by atoms with van der Waals surface area (Å²) in [7, 11) is 0. The molecule has 0 radical (unpaired) electrons. The van der Waals surface area contributed by atoms with Gasteiger partial charge in [0.05, 0.1) is 12.6 Å². The smallest absolute Gasteiger partial charge is 0.234 e. The molecule has 4 heteroatoms. The van der Waals surface area contributed by atoms with E-state index in [1.807, 2.05) is 0 Å². The molecule has 19 heavy (non-hydrogen) atoms. The predicted octanol–water partition coefficient (Wildman–Crippen LogP) is 1.84. The summed E-state index contributed by atoms with van der Waals surface area (Å²) in [4.78, 5) is 11.9. The lowest BCUT2D eigenvalue weighted by Crippen LogP contribution is -2.41. The van der Waals surface area contributed by atoms with E-state index in [0.29, 0.717) is 24.6 Å². The van der Waals surface area contributed by atoms with Crippen molar-refractivity contribution >= 4 is 5.91 Å². The van der Waals surface area contributed by atoms with Crippen LogP contribution >= 0.6 is 0 Å². The first-order valence-corrected chi connectivity index (χ1v) is 7.87. The van der Waals surface area contributed by atoms with Crippen LogP contribution in [0.1, 0.15) is 51.9 Å². The molecule has 1 saturated heterocycles. The minimum absolute atomic E-state index is 0.151. The number of hydrogen-bond acceptors (Lipinski definition) is 3. The normalized spacial score (nSPS) is 29.1. The van der Waals surface area contributed by atoms with Crippen LogP contribution < -0.4 is 10.6 Å². The number of rotatable bonds is 5. The second-order valence-corrected chi connectivity index (χ2v) is 6.01. The highest BCUT2D eigenvalue weighted by molar-refractivity contribution is 5.78. The third-order valence-corrected chi connectivity index (χ3v) is 4.45. The van der Waals surface area contributed by atoms with E-state index < -0.39 is 0 Å². The van der Waals surface area contributed by atoms with E-state index in [9.17, 15) is 4.79 Å². The summed E-state index contributed by atoms with van der Waals surface area (Å²) in [5.74, 6) is 0.712. The minimum Gasteiger partial charge on any atom is -0.378 e. The third kappa shape index (κ3) is 5.11. The van der Waals surface area contributed by atoms with Crippen LogP contribution in [-0.4, -0.2) is 37.7 Å². The first-order chi connectivity index (χ1) is 9.25. The summed E-state index contributed by atoms with van der Waals surface area (Å²) < 4.78 is 5.52. The van der Waals surface area contributed by atoms with Crippen molar-refractivity contribution in [3.8, 4) is 0 Å². The summed E-state index contributed by atoms with van der Waals surface area (Å²) in [6.45, 7) is 4.31. The Morgan fingerprint density at radius 1 is 1.16 bits per heavy atom. The quantitative estimate of drug-likeness (QED) is 0.748. The van der Waals surface area contributed by atoms with Gasteiger partial charge in [-0.3, -0.25) is 4.79 Å². The lowest BCUT2D eigenvalue weighted by Gasteiger charge is -2.18. The molecule has 1 heterocycles. The van der Waals surface area contributed by atoms with E-state index >= 15 is 0 Å². The Balaban J connectivity index is 1.58. The second kappa shape index (κ2) is 7.85. The molecular weight excluding hydrogens is 240 g/mol. The van der Waals surface area contributed by atoms with Crippen LogP contribution in [0.5, 0.6) is 0 Å². The number of carbonyl (C=O) groups excluding carboxylic acids is 1. The van der Waals surface area contributed by atoms with Gasteiger partial charge in [-0.1, -0.05) is 25.7 Å². The average molecular weight is 268 g/mol. The van der Waals surface area contributed by atoms with Crippen LogP contribution in [0, 0.1) is 5.92 Å². The first kappa shape index (κ1) is 14.8. The maximum atomic E-state index is 11.9. The van der Waals surface area contributed by atoms with Gasteiger partial charge in [-0.25, -0.2) is 0 Å². The van der Waals surface area contributed by atoms with E-state index in [4.69, 9.17) is 4.74 Å². The maximum absolute atomic E-state index is 11.9. The summed E-state index contributed by atoms with van der Waals surface area (Å²) in [6, 6.07) is 0.408. The van der Waals surface area contributed by atoms with Crippen LogP contribution in [0.2, 0.25) is 0 Å². The molecule has 2 fully saturated rings.